The summed E-state index contributed by atoms with van der Waals surface area (Å²) in [6, 6.07) is 5.25. The first kappa shape index (κ1) is 11.8. The van der Waals surface area contributed by atoms with Gasteiger partial charge in [-0.1, -0.05) is 23.2 Å². The van der Waals surface area contributed by atoms with E-state index >= 15 is 0 Å². The molecule has 18 heavy (non-hydrogen) atoms. The molecule has 1 aromatic carbocycles. The number of aryl methyl sites for hydroxylation is 1. The average molecular weight is 281 g/mol. The monoisotopic (exact) mass is 280 g/mol. The van der Waals surface area contributed by atoms with Gasteiger partial charge in [-0.15, -0.1) is 0 Å². The molecule has 1 aliphatic rings. The molecule has 2 nitrogen and oxygen atoms in total. The van der Waals surface area contributed by atoms with Crippen LogP contribution in [0.25, 0.3) is 11.1 Å². The number of fused-ring (bicyclic) bond motifs is 1. The molecule has 2 aromatic rings. The Balaban J connectivity index is 2.18. The number of rotatable bonds is 1. The van der Waals surface area contributed by atoms with Crippen LogP contribution in [-0.2, 0) is 6.42 Å². The zero-order chi connectivity index (χ0) is 12.7. The summed E-state index contributed by atoms with van der Waals surface area (Å²) in [4.78, 5) is 12.0. The molecule has 4 heteroatoms. The Kier molecular flexibility index (Phi) is 2.92. The van der Waals surface area contributed by atoms with Gasteiger partial charge in [-0.3, -0.25) is 4.79 Å². The minimum Gasteiger partial charge on any atom is -0.468 e. The number of ketones is 1. The normalized spacial score (nSPS) is 14.7. The van der Waals surface area contributed by atoms with E-state index in [-0.39, 0.29) is 5.78 Å². The fourth-order valence-corrected chi connectivity index (χ4v) is 2.87. The van der Waals surface area contributed by atoms with Crippen molar-refractivity contribution in [3.05, 3.63) is 45.8 Å². The Bertz CT molecular complexity index is 608. The second-order valence-corrected chi connectivity index (χ2v) is 5.26. The Labute approximate surface area is 115 Å². The van der Waals surface area contributed by atoms with Crippen molar-refractivity contribution < 1.29 is 9.21 Å². The highest BCUT2D eigenvalue weighted by Crippen LogP contribution is 2.35. The van der Waals surface area contributed by atoms with Crippen molar-refractivity contribution in [1.82, 2.24) is 0 Å². The van der Waals surface area contributed by atoms with Crippen LogP contribution in [0.3, 0.4) is 0 Å². The first-order chi connectivity index (χ1) is 8.65. The maximum absolute atomic E-state index is 12.0. The fourth-order valence-electron chi connectivity index (χ4n) is 2.34. The first-order valence-corrected chi connectivity index (χ1v) is 6.51. The van der Waals surface area contributed by atoms with E-state index in [1.807, 2.05) is 0 Å². The van der Waals surface area contributed by atoms with Crippen molar-refractivity contribution in [3.8, 4) is 11.1 Å². The third-order valence-corrected chi connectivity index (χ3v) is 3.56. The Morgan fingerprint density at radius 1 is 1.06 bits per heavy atom. The van der Waals surface area contributed by atoms with Crippen molar-refractivity contribution in [3.63, 3.8) is 0 Å². The molecule has 0 saturated carbocycles. The van der Waals surface area contributed by atoms with Gasteiger partial charge in [0.25, 0.3) is 0 Å². The lowest BCUT2D eigenvalue weighted by molar-refractivity contribution is 0.0970. The topological polar surface area (TPSA) is 30.2 Å². The number of halogens is 2. The minimum absolute atomic E-state index is 0.135. The molecule has 92 valence electrons. The second kappa shape index (κ2) is 4.45. The molecule has 0 spiro atoms. The number of Topliss-reactive ketones (excluding diaryl/α,β-unsaturated/α-hetero) is 1. The Hall–Kier alpha value is -1.25. The van der Waals surface area contributed by atoms with Gasteiger partial charge in [0.05, 0.1) is 11.8 Å². The third-order valence-electron chi connectivity index (χ3n) is 3.13. The maximum atomic E-state index is 12.0. The van der Waals surface area contributed by atoms with Crippen LogP contribution in [0.2, 0.25) is 10.0 Å². The predicted octanol–water partition coefficient (Wildman–Crippen LogP) is 4.77. The quantitative estimate of drug-likeness (QED) is 0.753. The summed E-state index contributed by atoms with van der Waals surface area (Å²) in [6.07, 6.45) is 3.87. The molecule has 0 fully saturated rings. The standard InChI is InChI=1S/C14H10Cl2O2/c15-9-4-8(5-10(16)6-9)11-7-18-13-3-1-2-12(17)14(11)13/h4-7H,1-3H2. The number of carbonyl (C=O) groups excluding carboxylic acids is 1. The van der Waals surface area contributed by atoms with Gasteiger partial charge in [0, 0.05) is 28.5 Å². The summed E-state index contributed by atoms with van der Waals surface area (Å²) in [5.74, 6) is 0.911. The van der Waals surface area contributed by atoms with E-state index in [1.165, 1.54) is 0 Å². The van der Waals surface area contributed by atoms with Crippen LogP contribution < -0.4 is 0 Å². The lowest BCUT2D eigenvalue weighted by Crippen LogP contribution is -2.09. The van der Waals surface area contributed by atoms with Gasteiger partial charge in [-0.2, -0.15) is 0 Å². The van der Waals surface area contributed by atoms with E-state index in [0.717, 1.165) is 29.7 Å². The van der Waals surface area contributed by atoms with Gasteiger partial charge in [-0.25, -0.2) is 0 Å². The molecule has 0 amide bonds. The molecule has 1 aromatic heterocycles. The van der Waals surface area contributed by atoms with E-state index in [2.05, 4.69) is 0 Å². The van der Waals surface area contributed by atoms with Crippen LogP contribution in [0, 0.1) is 0 Å². The summed E-state index contributed by atoms with van der Waals surface area (Å²) in [7, 11) is 0. The largest absolute Gasteiger partial charge is 0.468 e. The summed E-state index contributed by atoms with van der Waals surface area (Å²) < 4.78 is 5.48. The van der Waals surface area contributed by atoms with Gasteiger partial charge in [0.15, 0.2) is 5.78 Å². The van der Waals surface area contributed by atoms with Gasteiger partial charge >= 0.3 is 0 Å². The molecule has 1 aliphatic carbocycles. The van der Waals surface area contributed by atoms with Crippen molar-refractivity contribution in [2.24, 2.45) is 0 Å². The van der Waals surface area contributed by atoms with E-state index in [0.29, 0.717) is 22.0 Å². The lowest BCUT2D eigenvalue weighted by atomic mass is 9.91. The minimum atomic E-state index is 0.135. The summed E-state index contributed by atoms with van der Waals surface area (Å²) in [5.41, 5.74) is 2.31. The summed E-state index contributed by atoms with van der Waals surface area (Å²) in [6.45, 7) is 0. The highest BCUT2D eigenvalue weighted by molar-refractivity contribution is 6.35. The molecule has 0 N–H and O–H groups in total. The van der Waals surface area contributed by atoms with Crippen LogP contribution in [-0.4, -0.2) is 5.78 Å². The van der Waals surface area contributed by atoms with Gasteiger partial charge in [-0.05, 0) is 30.2 Å². The third kappa shape index (κ3) is 1.96. The zero-order valence-corrected chi connectivity index (χ0v) is 11.0. The van der Waals surface area contributed by atoms with Crippen molar-refractivity contribution in [1.29, 1.82) is 0 Å². The number of furan rings is 1. The molecule has 1 heterocycles. The van der Waals surface area contributed by atoms with Crippen LogP contribution in [0.4, 0.5) is 0 Å². The van der Waals surface area contributed by atoms with Crippen molar-refractivity contribution >= 4 is 29.0 Å². The first-order valence-electron chi connectivity index (χ1n) is 5.75. The van der Waals surface area contributed by atoms with Crippen molar-refractivity contribution in [2.75, 3.05) is 0 Å². The zero-order valence-electron chi connectivity index (χ0n) is 9.50. The van der Waals surface area contributed by atoms with Gasteiger partial charge in [0.2, 0.25) is 0 Å². The van der Waals surface area contributed by atoms with Gasteiger partial charge in [0.1, 0.15) is 5.76 Å². The van der Waals surface area contributed by atoms with E-state index in [1.54, 1.807) is 24.5 Å². The summed E-state index contributed by atoms with van der Waals surface area (Å²) in [5, 5.41) is 1.10. The van der Waals surface area contributed by atoms with Crippen LogP contribution in [0.15, 0.2) is 28.9 Å². The molecular formula is C14H10Cl2O2. The SMILES string of the molecule is O=C1CCCc2occ(-c3cc(Cl)cc(Cl)c3)c21. The van der Waals surface area contributed by atoms with E-state index in [9.17, 15) is 4.79 Å². The maximum Gasteiger partial charge on any atom is 0.167 e. The number of carbonyl (C=O) groups is 1. The molecule has 0 radical (unpaired) electrons. The van der Waals surface area contributed by atoms with E-state index < -0.39 is 0 Å². The lowest BCUT2D eigenvalue weighted by Gasteiger charge is -2.10. The number of hydrogen-bond acceptors (Lipinski definition) is 2. The van der Waals surface area contributed by atoms with Crippen LogP contribution in [0.5, 0.6) is 0 Å². The van der Waals surface area contributed by atoms with Crippen LogP contribution in [0.1, 0.15) is 29.0 Å². The van der Waals surface area contributed by atoms with Crippen LogP contribution >= 0.6 is 23.2 Å². The molecular weight excluding hydrogens is 271 g/mol. The fraction of sp³-hybridized carbons (Fsp3) is 0.214. The molecule has 0 bridgehead atoms. The molecule has 0 aliphatic heterocycles. The highest BCUT2D eigenvalue weighted by atomic mass is 35.5. The molecule has 0 unspecified atom stereocenters. The second-order valence-electron chi connectivity index (χ2n) is 4.38. The van der Waals surface area contributed by atoms with E-state index in [4.69, 9.17) is 27.6 Å². The molecule has 3 rings (SSSR count). The van der Waals surface area contributed by atoms with Crippen molar-refractivity contribution in [2.45, 2.75) is 19.3 Å². The molecule has 0 saturated heterocycles. The average Bonchev–Trinajstić information content (AvgIpc) is 2.73. The number of hydrogen-bond donors (Lipinski definition) is 0. The smallest absolute Gasteiger partial charge is 0.167 e. The number of benzene rings is 1. The molecule has 0 atom stereocenters. The van der Waals surface area contributed by atoms with Gasteiger partial charge < -0.3 is 4.42 Å². The highest BCUT2D eigenvalue weighted by Gasteiger charge is 2.25. The Morgan fingerprint density at radius 3 is 2.50 bits per heavy atom. The predicted molar refractivity (Wildman–Crippen MR) is 71.4 cm³/mol. The Morgan fingerprint density at radius 2 is 1.78 bits per heavy atom. The summed E-state index contributed by atoms with van der Waals surface area (Å²) >= 11 is 12.0.